The second kappa shape index (κ2) is 7.46. The normalized spacial score (nSPS) is 37.8. The van der Waals surface area contributed by atoms with E-state index in [9.17, 15) is 4.79 Å². The fourth-order valence-corrected chi connectivity index (χ4v) is 4.22. The smallest absolute Gasteiger partial charge is 0.407 e. The molecule has 2 fully saturated rings. The summed E-state index contributed by atoms with van der Waals surface area (Å²) in [5.74, 6) is 0.944. The van der Waals surface area contributed by atoms with Crippen LogP contribution in [0.2, 0.25) is 0 Å². The number of ether oxygens (including phenoxy) is 2. The molecule has 3 aliphatic rings. The van der Waals surface area contributed by atoms with E-state index in [0.717, 1.165) is 31.4 Å². The molecule has 1 saturated heterocycles. The summed E-state index contributed by atoms with van der Waals surface area (Å²) in [5, 5.41) is 2.78. The van der Waals surface area contributed by atoms with Crippen LogP contribution in [0.25, 0.3) is 0 Å². The van der Waals surface area contributed by atoms with Crippen molar-refractivity contribution >= 4 is 6.09 Å². The van der Waals surface area contributed by atoms with Crippen molar-refractivity contribution in [2.24, 2.45) is 5.92 Å². The molecule has 1 amide bonds. The van der Waals surface area contributed by atoms with Crippen molar-refractivity contribution in [3.63, 3.8) is 0 Å². The lowest BCUT2D eigenvalue weighted by molar-refractivity contribution is -0.0381. The number of carbonyl (C=O) groups is 1. The number of nitrogens with one attached hydrogen (secondary N) is 3. The summed E-state index contributed by atoms with van der Waals surface area (Å²) in [4.78, 5) is 21.0. The van der Waals surface area contributed by atoms with Crippen molar-refractivity contribution in [1.82, 2.24) is 26.1 Å². The van der Waals surface area contributed by atoms with Crippen LogP contribution in [0.1, 0.15) is 63.2 Å². The highest BCUT2D eigenvalue weighted by Crippen LogP contribution is 2.39. The monoisotopic (exact) mass is 361 g/mol. The number of alkyl carbamates (subject to hydrolysis) is 1. The predicted octanol–water partition coefficient (Wildman–Crippen LogP) is 1.76. The maximum Gasteiger partial charge on any atom is 0.407 e. The van der Waals surface area contributed by atoms with Gasteiger partial charge in [0.2, 0.25) is 0 Å². The molecule has 1 aliphatic carbocycles. The number of carbonyl (C=O) groups excluding carboxylic acids is 1. The first-order chi connectivity index (χ1) is 12.6. The summed E-state index contributed by atoms with van der Waals surface area (Å²) in [5.41, 5.74) is 7.76. The molecule has 6 atom stereocenters. The van der Waals surface area contributed by atoms with E-state index in [2.05, 4.69) is 33.1 Å². The van der Waals surface area contributed by atoms with Gasteiger partial charge in [-0.2, -0.15) is 0 Å². The molecule has 142 valence electrons. The van der Waals surface area contributed by atoms with Gasteiger partial charge >= 0.3 is 6.09 Å². The lowest BCUT2D eigenvalue weighted by atomic mass is 9.79. The van der Waals surface area contributed by atoms with Gasteiger partial charge in [0.15, 0.2) is 11.9 Å². The fraction of sp³-hybridized carbons (Fsp3) is 0.722. The zero-order valence-corrected chi connectivity index (χ0v) is 15.3. The zero-order valence-electron chi connectivity index (χ0n) is 15.3. The molecule has 3 heterocycles. The van der Waals surface area contributed by atoms with Gasteiger partial charge in [-0.05, 0) is 45.6 Å². The molecule has 1 aromatic rings. The number of cyclic esters (lactones) is 1. The molecular formula is C18H27N5O3. The molecule has 0 spiro atoms. The summed E-state index contributed by atoms with van der Waals surface area (Å²) in [6.07, 6.45) is 5.02. The standard InChI is InChI=1S/C18H27N5O3/c1-10-5-7-20-18(24)26-11(2)17-19-8-6-15(21-17)16-13-9-12(25-10)3-4-14(13)22-23-16/h6,8,10-14,16,22-23H,3-5,7,9H2,1-2H3,(H,20,24)/t10-,11?,12?,13?,14?,16?/m1/s1. The van der Waals surface area contributed by atoms with E-state index in [1.807, 2.05) is 6.07 Å². The molecule has 8 nitrogen and oxygen atoms in total. The quantitative estimate of drug-likeness (QED) is 0.648. The van der Waals surface area contributed by atoms with E-state index in [-0.39, 0.29) is 18.2 Å². The molecule has 26 heavy (non-hydrogen) atoms. The summed E-state index contributed by atoms with van der Waals surface area (Å²) in [6.45, 7) is 4.39. The Labute approximate surface area is 153 Å². The molecule has 2 aliphatic heterocycles. The minimum absolute atomic E-state index is 0.0982. The Balaban J connectivity index is 1.62. The van der Waals surface area contributed by atoms with E-state index >= 15 is 0 Å². The summed E-state index contributed by atoms with van der Waals surface area (Å²) >= 11 is 0. The second-order valence-electron chi connectivity index (χ2n) is 7.52. The third-order valence-corrected chi connectivity index (χ3v) is 5.61. The fourth-order valence-electron chi connectivity index (χ4n) is 4.22. The SMILES string of the molecule is CC1OC(=O)NCC[C@@H](C)OC2CCC3NNC(c4ccnc1n4)C3C2. The highest BCUT2D eigenvalue weighted by molar-refractivity contribution is 5.67. The minimum atomic E-state index is -0.502. The number of fused-ring (bicyclic) bond motifs is 4. The van der Waals surface area contributed by atoms with Crippen molar-refractivity contribution in [2.45, 2.75) is 69.9 Å². The number of amides is 1. The molecule has 5 unspecified atom stereocenters. The average molecular weight is 361 g/mol. The molecule has 0 radical (unpaired) electrons. The van der Waals surface area contributed by atoms with Gasteiger partial charge < -0.3 is 14.8 Å². The van der Waals surface area contributed by atoms with Crippen molar-refractivity contribution in [2.75, 3.05) is 6.54 Å². The summed E-state index contributed by atoms with van der Waals surface area (Å²) < 4.78 is 11.7. The number of hydrazine groups is 1. The van der Waals surface area contributed by atoms with Crippen LogP contribution in [-0.4, -0.2) is 40.9 Å². The number of hydrogen-bond acceptors (Lipinski definition) is 7. The lowest BCUT2D eigenvalue weighted by Gasteiger charge is -2.34. The molecule has 0 aromatic carbocycles. The van der Waals surface area contributed by atoms with E-state index in [0.29, 0.717) is 24.3 Å². The van der Waals surface area contributed by atoms with Crippen LogP contribution in [0.4, 0.5) is 4.79 Å². The highest BCUT2D eigenvalue weighted by Gasteiger charge is 2.42. The number of rotatable bonds is 0. The predicted molar refractivity (Wildman–Crippen MR) is 94.0 cm³/mol. The summed E-state index contributed by atoms with van der Waals surface area (Å²) in [7, 11) is 0. The Morgan fingerprint density at radius 3 is 2.96 bits per heavy atom. The van der Waals surface area contributed by atoms with Crippen LogP contribution in [0.5, 0.6) is 0 Å². The molecule has 8 heteroatoms. The maximum absolute atomic E-state index is 12.0. The van der Waals surface area contributed by atoms with Crippen molar-refractivity contribution in [1.29, 1.82) is 0 Å². The minimum Gasteiger partial charge on any atom is -0.438 e. The second-order valence-corrected chi connectivity index (χ2v) is 7.52. The Bertz CT molecular complexity index is 657. The van der Waals surface area contributed by atoms with Gasteiger partial charge in [0, 0.05) is 24.7 Å². The maximum atomic E-state index is 12.0. The lowest BCUT2D eigenvalue weighted by Crippen LogP contribution is -2.38. The molecule has 3 N–H and O–H groups in total. The first-order valence-corrected chi connectivity index (χ1v) is 9.54. The molecular weight excluding hydrogens is 334 g/mol. The topological polar surface area (TPSA) is 97.4 Å². The van der Waals surface area contributed by atoms with Gasteiger partial charge in [-0.3, -0.25) is 5.43 Å². The van der Waals surface area contributed by atoms with E-state index < -0.39 is 12.2 Å². The number of nitrogens with zero attached hydrogens (tertiary/aromatic N) is 2. The Morgan fingerprint density at radius 1 is 1.19 bits per heavy atom. The average Bonchev–Trinajstić information content (AvgIpc) is 3.04. The largest absolute Gasteiger partial charge is 0.438 e. The highest BCUT2D eigenvalue weighted by atomic mass is 16.6. The molecule has 4 rings (SSSR count). The van der Waals surface area contributed by atoms with E-state index in [1.165, 1.54) is 0 Å². The van der Waals surface area contributed by atoms with Crippen molar-refractivity contribution in [3.8, 4) is 0 Å². The van der Waals surface area contributed by atoms with Gasteiger partial charge in [-0.1, -0.05) is 0 Å². The van der Waals surface area contributed by atoms with Gasteiger partial charge in [-0.25, -0.2) is 20.2 Å². The third kappa shape index (κ3) is 3.67. The van der Waals surface area contributed by atoms with Crippen molar-refractivity contribution < 1.29 is 14.3 Å². The van der Waals surface area contributed by atoms with Gasteiger partial charge in [0.1, 0.15) is 0 Å². The number of hydrogen-bond donors (Lipinski definition) is 3. The first kappa shape index (κ1) is 17.6. The van der Waals surface area contributed by atoms with Crippen LogP contribution in [0, 0.1) is 5.92 Å². The van der Waals surface area contributed by atoms with Gasteiger partial charge in [0.05, 0.1) is 23.9 Å². The Morgan fingerprint density at radius 2 is 2.08 bits per heavy atom. The van der Waals surface area contributed by atoms with Crippen LogP contribution in [-0.2, 0) is 9.47 Å². The molecule has 4 bridgehead atoms. The summed E-state index contributed by atoms with van der Waals surface area (Å²) in [6, 6.07) is 2.47. The van der Waals surface area contributed by atoms with Crippen LogP contribution in [0.15, 0.2) is 12.3 Å². The Kier molecular flexibility index (Phi) is 5.06. The van der Waals surface area contributed by atoms with Gasteiger partial charge in [0.25, 0.3) is 0 Å². The van der Waals surface area contributed by atoms with E-state index in [4.69, 9.17) is 9.47 Å². The molecule has 1 aromatic heterocycles. The molecule has 1 saturated carbocycles. The van der Waals surface area contributed by atoms with Crippen LogP contribution < -0.4 is 16.2 Å². The zero-order chi connectivity index (χ0) is 18.1. The number of aromatic nitrogens is 2. The Hall–Kier alpha value is -1.77. The first-order valence-electron chi connectivity index (χ1n) is 9.54. The van der Waals surface area contributed by atoms with Crippen LogP contribution in [0.3, 0.4) is 0 Å². The third-order valence-electron chi connectivity index (χ3n) is 5.61. The van der Waals surface area contributed by atoms with Crippen LogP contribution >= 0.6 is 0 Å². The van der Waals surface area contributed by atoms with E-state index in [1.54, 1.807) is 13.1 Å². The van der Waals surface area contributed by atoms with Gasteiger partial charge in [-0.15, -0.1) is 0 Å². The van der Waals surface area contributed by atoms with Crippen molar-refractivity contribution in [3.05, 3.63) is 23.8 Å².